The van der Waals surface area contributed by atoms with Gasteiger partial charge >= 0.3 is 0 Å². The minimum atomic E-state index is 0.322. The van der Waals surface area contributed by atoms with Gasteiger partial charge in [-0.05, 0) is 53.4 Å². The van der Waals surface area contributed by atoms with Crippen molar-refractivity contribution in [2.24, 2.45) is 0 Å². The van der Waals surface area contributed by atoms with Crippen molar-refractivity contribution in [2.75, 3.05) is 18.0 Å². The summed E-state index contributed by atoms with van der Waals surface area (Å²) < 4.78 is 1.11. The molecule has 1 atom stereocenters. The van der Waals surface area contributed by atoms with Crippen LogP contribution in [0, 0.1) is 0 Å². The highest BCUT2D eigenvalue weighted by molar-refractivity contribution is 9.10. The summed E-state index contributed by atoms with van der Waals surface area (Å²) in [6.45, 7) is 4.49. The Balaban J connectivity index is 1.88. The Morgan fingerprint density at radius 2 is 2.10 bits per heavy atom. The van der Waals surface area contributed by atoms with E-state index in [9.17, 15) is 0 Å². The van der Waals surface area contributed by atoms with E-state index in [1.807, 2.05) is 12.1 Å². The SMILES string of the molecule is CCC1CNC2(CCCCC2)CN1c1ccc(Cl)cc1Br. The Morgan fingerprint density at radius 3 is 2.76 bits per heavy atom. The third-order valence-corrected chi connectivity index (χ3v) is 6.00. The summed E-state index contributed by atoms with van der Waals surface area (Å²) in [5.41, 5.74) is 1.61. The number of nitrogens with zero attached hydrogens (tertiary/aromatic N) is 1. The highest BCUT2D eigenvalue weighted by Crippen LogP contribution is 2.37. The molecule has 1 aromatic carbocycles. The summed E-state index contributed by atoms with van der Waals surface area (Å²) in [6.07, 6.45) is 7.90. The lowest BCUT2D eigenvalue weighted by Gasteiger charge is -2.50. The first-order valence-electron chi connectivity index (χ1n) is 8.10. The van der Waals surface area contributed by atoms with Crippen LogP contribution in [0.15, 0.2) is 22.7 Å². The van der Waals surface area contributed by atoms with E-state index < -0.39 is 0 Å². The smallest absolute Gasteiger partial charge is 0.0515 e. The lowest BCUT2D eigenvalue weighted by molar-refractivity contribution is 0.195. The normalized spacial score (nSPS) is 25.3. The lowest BCUT2D eigenvalue weighted by atomic mass is 9.79. The zero-order valence-corrected chi connectivity index (χ0v) is 15.0. The molecule has 0 bridgehead atoms. The summed E-state index contributed by atoms with van der Waals surface area (Å²) >= 11 is 9.81. The molecule has 4 heteroatoms. The van der Waals surface area contributed by atoms with E-state index in [4.69, 9.17) is 11.6 Å². The summed E-state index contributed by atoms with van der Waals surface area (Å²) in [6, 6.07) is 6.75. The summed E-state index contributed by atoms with van der Waals surface area (Å²) in [7, 11) is 0. The molecule has 116 valence electrons. The second-order valence-electron chi connectivity index (χ2n) is 6.51. The molecule has 0 amide bonds. The van der Waals surface area contributed by atoms with Gasteiger partial charge in [-0.25, -0.2) is 0 Å². The molecule has 0 aromatic heterocycles. The maximum Gasteiger partial charge on any atom is 0.0515 e. The number of rotatable bonds is 2. The van der Waals surface area contributed by atoms with Gasteiger partial charge in [0.2, 0.25) is 0 Å². The predicted octanol–water partition coefficient (Wildman–Crippen LogP) is 4.99. The third kappa shape index (κ3) is 3.25. The summed E-state index contributed by atoms with van der Waals surface area (Å²) in [5.74, 6) is 0. The Kier molecular flexibility index (Phi) is 4.82. The first-order valence-corrected chi connectivity index (χ1v) is 9.27. The van der Waals surface area contributed by atoms with Crippen LogP contribution in [0.3, 0.4) is 0 Å². The van der Waals surface area contributed by atoms with E-state index in [0.717, 1.165) is 29.0 Å². The van der Waals surface area contributed by atoms with Gasteiger partial charge in [0.25, 0.3) is 0 Å². The van der Waals surface area contributed by atoms with Gasteiger partial charge in [0.15, 0.2) is 0 Å². The van der Waals surface area contributed by atoms with Crippen molar-refractivity contribution in [1.82, 2.24) is 5.32 Å². The van der Waals surface area contributed by atoms with Crippen LogP contribution >= 0.6 is 27.5 Å². The second-order valence-corrected chi connectivity index (χ2v) is 7.80. The van der Waals surface area contributed by atoms with Gasteiger partial charge in [0.05, 0.1) is 5.69 Å². The quantitative estimate of drug-likeness (QED) is 0.787. The molecule has 3 rings (SSSR count). The van der Waals surface area contributed by atoms with E-state index in [1.54, 1.807) is 0 Å². The van der Waals surface area contributed by atoms with Crippen LogP contribution in [-0.2, 0) is 0 Å². The Bertz CT molecular complexity index is 500. The molecule has 1 spiro atoms. The first kappa shape index (κ1) is 15.6. The Hall–Kier alpha value is -0.250. The molecule has 1 heterocycles. The monoisotopic (exact) mass is 370 g/mol. The van der Waals surface area contributed by atoms with Crippen molar-refractivity contribution >= 4 is 33.2 Å². The molecule has 1 saturated heterocycles. The average Bonchev–Trinajstić information content (AvgIpc) is 2.48. The molecule has 1 aromatic rings. The zero-order chi connectivity index (χ0) is 14.9. The largest absolute Gasteiger partial charge is 0.365 e. The van der Waals surface area contributed by atoms with E-state index in [-0.39, 0.29) is 0 Å². The molecular formula is C17H24BrClN2. The molecular weight excluding hydrogens is 348 g/mol. The lowest BCUT2D eigenvalue weighted by Crippen LogP contribution is -2.65. The van der Waals surface area contributed by atoms with E-state index >= 15 is 0 Å². The van der Waals surface area contributed by atoms with Gasteiger partial charge < -0.3 is 10.2 Å². The molecule has 1 aliphatic carbocycles. The zero-order valence-electron chi connectivity index (χ0n) is 12.7. The third-order valence-electron chi connectivity index (χ3n) is 5.13. The van der Waals surface area contributed by atoms with Gasteiger partial charge in [0.1, 0.15) is 0 Å². The molecule has 1 aliphatic heterocycles. The minimum absolute atomic E-state index is 0.322. The highest BCUT2D eigenvalue weighted by Gasteiger charge is 2.39. The maximum absolute atomic E-state index is 6.11. The van der Waals surface area contributed by atoms with Gasteiger partial charge in [0, 0.05) is 34.2 Å². The minimum Gasteiger partial charge on any atom is -0.365 e. The van der Waals surface area contributed by atoms with Crippen molar-refractivity contribution in [3.05, 3.63) is 27.7 Å². The molecule has 1 N–H and O–H groups in total. The second kappa shape index (κ2) is 6.47. The molecule has 21 heavy (non-hydrogen) atoms. The topological polar surface area (TPSA) is 15.3 Å². The van der Waals surface area contributed by atoms with Crippen molar-refractivity contribution in [2.45, 2.75) is 57.0 Å². The number of piperazine rings is 1. The maximum atomic E-state index is 6.11. The van der Waals surface area contributed by atoms with Gasteiger partial charge in [-0.1, -0.05) is 37.8 Å². The number of halogens is 2. The number of anilines is 1. The number of nitrogens with one attached hydrogen (secondary N) is 1. The van der Waals surface area contributed by atoms with Crippen LogP contribution < -0.4 is 10.2 Å². The van der Waals surface area contributed by atoms with Crippen LogP contribution in [0.2, 0.25) is 5.02 Å². The first-order chi connectivity index (χ1) is 10.1. The fraction of sp³-hybridized carbons (Fsp3) is 0.647. The predicted molar refractivity (Wildman–Crippen MR) is 94.4 cm³/mol. The number of hydrogen-bond donors (Lipinski definition) is 1. The van der Waals surface area contributed by atoms with Crippen molar-refractivity contribution in [1.29, 1.82) is 0 Å². The molecule has 0 radical (unpaired) electrons. The standard InChI is InChI=1S/C17H24BrClN2/c1-2-14-11-20-17(8-4-3-5-9-17)12-21(14)16-7-6-13(19)10-15(16)18/h6-7,10,14,20H,2-5,8-9,11-12H2,1H3. The van der Waals surface area contributed by atoms with Crippen molar-refractivity contribution in [3.8, 4) is 0 Å². The van der Waals surface area contributed by atoms with Crippen LogP contribution in [-0.4, -0.2) is 24.7 Å². The van der Waals surface area contributed by atoms with E-state index in [1.165, 1.54) is 37.8 Å². The number of hydrogen-bond acceptors (Lipinski definition) is 2. The molecule has 2 nitrogen and oxygen atoms in total. The van der Waals surface area contributed by atoms with E-state index in [0.29, 0.717) is 11.6 Å². The average molecular weight is 372 g/mol. The Morgan fingerprint density at radius 1 is 1.33 bits per heavy atom. The summed E-state index contributed by atoms with van der Waals surface area (Å²) in [4.78, 5) is 2.60. The van der Waals surface area contributed by atoms with Crippen LogP contribution in [0.5, 0.6) is 0 Å². The molecule has 1 unspecified atom stereocenters. The molecule has 2 aliphatic rings. The van der Waals surface area contributed by atoms with E-state index in [2.05, 4.69) is 39.1 Å². The van der Waals surface area contributed by atoms with Gasteiger partial charge in [-0.15, -0.1) is 0 Å². The van der Waals surface area contributed by atoms with Crippen LogP contribution in [0.1, 0.15) is 45.4 Å². The van der Waals surface area contributed by atoms with Gasteiger partial charge in [-0.3, -0.25) is 0 Å². The van der Waals surface area contributed by atoms with Crippen LogP contribution in [0.25, 0.3) is 0 Å². The Labute approximate surface area is 141 Å². The number of benzene rings is 1. The fourth-order valence-corrected chi connectivity index (χ4v) is 4.79. The van der Waals surface area contributed by atoms with Crippen LogP contribution in [0.4, 0.5) is 5.69 Å². The summed E-state index contributed by atoms with van der Waals surface area (Å²) in [5, 5.41) is 4.68. The molecule has 1 saturated carbocycles. The fourth-order valence-electron chi connectivity index (χ4n) is 3.88. The van der Waals surface area contributed by atoms with Crippen molar-refractivity contribution in [3.63, 3.8) is 0 Å². The van der Waals surface area contributed by atoms with Crippen molar-refractivity contribution < 1.29 is 0 Å². The molecule has 2 fully saturated rings. The highest BCUT2D eigenvalue weighted by atomic mass is 79.9. The van der Waals surface area contributed by atoms with Gasteiger partial charge in [-0.2, -0.15) is 0 Å².